The maximum Gasteiger partial charge on any atom is 0.191 e. The van der Waals surface area contributed by atoms with Crippen LogP contribution in [0.15, 0.2) is 59.7 Å². The average molecular weight is 395 g/mol. The summed E-state index contributed by atoms with van der Waals surface area (Å²) < 4.78 is 28.1. The Labute approximate surface area is 168 Å². The third kappa shape index (κ3) is 4.13. The fourth-order valence-corrected chi connectivity index (χ4v) is 3.75. The fourth-order valence-electron chi connectivity index (χ4n) is 3.75. The Hall–Kier alpha value is -3.22. The molecule has 150 valence electrons. The lowest BCUT2D eigenvalue weighted by atomic mass is 10.1. The van der Waals surface area contributed by atoms with Crippen LogP contribution in [0.2, 0.25) is 0 Å². The van der Waals surface area contributed by atoms with Crippen molar-refractivity contribution in [3.8, 4) is 0 Å². The Bertz CT molecular complexity index is 1010. The van der Waals surface area contributed by atoms with Crippen molar-refractivity contribution in [2.24, 2.45) is 4.99 Å². The monoisotopic (exact) mass is 395 g/mol. The molecule has 2 N–H and O–H groups in total. The predicted octanol–water partition coefficient (Wildman–Crippen LogP) is 3.46. The van der Waals surface area contributed by atoms with E-state index >= 15 is 0 Å². The van der Waals surface area contributed by atoms with Crippen molar-refractivity contribution in [1.82, 2.24) is 15.6 Å². The van der Waals surface area contributed by atoms with Gasteiger partial charge in [-0.2, -0.15) is 0 Å². The van der Waals surface area contributed by atoms with Gasteiger partial charge in [-0.15, -0.1) is 0 Å². The quantitative estimate of drug-likeness (QED) is 0.525. The van der Waals surface area contributed by atoms with E-state index in [1.165, 1.54) is 18.2 Å². The second kappa shape index (κ2) is 8.43. The topological polar surface area (TPSA) is 52.6 Å². The van der Waals surface area contributed by atoms with Crippen molar-refractivity contribution in [1.29, 1.82) is 0 Å². The molecule has 0 amide bonds. The third-order valence-electron chi connectivity index (χ3n) is 5.19. The molecule has 1 unspecified atom stereocenters. The zero-order valence-corrected chi connectivity index (χ0v) is 16.2. The molecule has 1 aromatic heterocycles. The molecule has 0 bridgehead atoms. The lowest BCUT2D eigenvalue weighted by Gasteiger charge is -2.21. The van der Waals surface area contributed by atoms with Crippen LogP contribution in [0.1, 0.15) is 12.1 Å². The molecule has 29 heavy (non-hydrogen) atoms. The Morgan fingerprint density at radius 3 is 2.72 bits per heavy atom. The largest absolute Gasteiger partial charge is 0.365 e. The molecule has 0 aliphatic carbocycles. The molecular formula is C22H23F2N5. The summed E-state index contributed by atoms with van der Waals surface area (Å²) in [5, 5.41) is 8.88. The van der Waals surface area contributed by atoms with Crippen LogP contribution >= 0.6 is 0 Å². The highest BCUT2D eigenvalue weighted by Crippen LogP contribution is 2.26. The molecule has 1 fully saturated rings. The van der Waals surface area contributed by atoms with Gasteiger partial charge in [0.15, 0.2) is 5.96 Å². The summed E-state index contributed by atoms with van der Waals surface area (Å²) in [5.41, 5.74) is 0.979. The predicted molar refractivity (Wildman–Crippen MR) is 112 cm³/mol. The number of nitrogens with zero attached hydrogens (tertiary/aromatic N) is 3. The number of rotatable bonds is 4. The number of para-hydroxylation sites is 1. The summed E-state index contributed by atoms with van der Waals surface area (Å²) in [6.07, 6.45) is 2.56. The van der Waals surface area contributed by atoms with Gasteiger partial charge in [0.2, 0.25) is 0 Å². The molecule has 1 aliphatic rings. The maximum absolute atomic E-state index is 14.0. The van der Waals surface area contributed by atoms with Crippen molar-refractivity contribution in [3.63, 3.8) is 0 Å². The molecule has 0 radical (unpaired) electrons. The first kappa shape index (κ1) is 19.1. The van der Waals surface area contributed by atoms with Gasteiger partial charge in [0, 0.05) is 37.8 Å². The molecule has 5 nitrogen and oxygen atoms in total. The average Bonchev–Trinajstić information content (AvgIpc) is 3.19. The van der Waals surface area contributed by atoms with E-state index in [4.69, 9.17) is 0 Å². The van der Waals surface area contributed by atoms with Crippen LogP contribution in [0.3, 0.4) is 0 Å². The number of halogens is 2. The summed E-state index contributed by atoms with van der Waals surface area (Å²) in [7, 11) is 1.70. The number of benzene rings is 2. The molecule has 4 rings (SSSR count). The molecule has 2 aromatic carbocycles. The maximum atomic E-state index is 14.0. The number of hydrogen-bond acceptors (Lipinski definition) is 3. The lowest BCUT2D eigenvalue weighted by Crippen LogP contribution is -2.44. The van der Waals surface area contributed by atoms with Gasteiger partial charge in [-0.25, -0.2) is 8.78 Å². The van der Waals surface area contributed by atoms with Crippen LogP contribution in [0.25, 0.3) is 10.8 Å². The molecular weight excluding hydrogens is 372 g/mol. The number of pyridine rings is 1. The molecule has 1 aliphatic heterocycles. The van der Waals surface area contributed by atoms with E-state index in [0.717, 1.165) is 22.9 Å². The van der Waals surface area contributed by atoms with Gasteiger partial charge in [0.05, 0.1) is 12.2 Å². The Balaban J connectivity index is 1.39. The van der Waals surface area contributed by atoms with Gasteiger partial charge in [-0.1, -0.05) is 30.3 Å². The highest BCUT2D eigenvalue weighted by molar-refractivity contribution is 5.85. The zero-order chi connectivity index (χ0) is 20.2. The number of aromatic nitrogens is 1. The molecule has 1 saturated heterocycles. The van der Waals surface area contributed by atoms with E-state index < -0.39 is 11.6 Å². The van der Waals surface area contributed by atoms with E-state index in [2.05, 4.69) is 26.7 Å². The van der Waals surface area contributed by atoms with Gasteiger partial charge in [-0.05, 0) is 30.0 Å². The first-order chi connectivity index (χ1) is 14.2. The molecule has 3 aromatic rings. The minimum atomic E-state index is -0.532. The number of guanidine groups is 1. The van der Waals surface area contributed by atoms with Crippen LogP contribution in [-0.2, 0) is 6.54 Å². The lowest BCUT2D eigenvalue weighted by molar-refractivity contribution is 0.576. The van der Waals surface area contributed by atoms with E-state index in [0.29, 0.717) is 25.6 Å². The minimum Gasteiger partial charge on any atom is -0.365 e. The molecule has 0 spiro atoms. The molecule has 1 atom stereocenters. The van der Waals surface area contributed by atoms with Gasteiger partial charge in [-0.3, -0.25) is 9.98 Å². The van der Waals surface area contributed by atoms with Crippen molar-refractivity contribution in [2.45, 2.75) is 19.0 Å². The van der Waals surface area contributed by atoms with Crippen LogP contribution in [-0.4, -0.2) is 37.1 Å². The highest BCUT2D eigenvalue weighted by Gasteiger charge is 2.27. The molecule has 2 heterocycles. The molecule has 7 heteroatoms. The zero-order valence-electron chi connectivity index (χ0n) is 16.2. The summed E-state index contributed by atoms with van der Waals surface area (Å²) in [6, 6.07) is 14.1. The Morgan fingerprint density at radius 2 is 1.93 bits per heavy atom. The van der Waals surface area contributed by atoms with Crippen molar-refractivity contribution >= 4 is 22.4 Å². The second-order valence-corrected chi connectivity index (χ2v) is 7.05. The Morgan fingerprint density at radius 1 is 1.14 bits per heavy atom. The first-order valence-electron chi connectivity index (χ1n) is 9.64. The van der Waals surface area contributed by atoms with Crippen molar-refractivity contribution in [2.75, 3.05) is 25.0 Å². The summed E-state index contributed by atoms with van der Waals surface area (Å²) in [4.78, 5) is 10.5. The number of anilines is 1. The van der Waals surface area contributed by atoms with Crippen LogP contribution in [0, 0.1) is 11.6 Å². The van der Waals surface area contributed by atoms with Gasteiger partial charge >= 0.3 is 0 Å². The summed E-state index contributed by atoms with van der Waals surface area (Å²) in [5.74, 6) is -0.425. The fraction of sp³-hybridized carbons (Fsp3) is 0.273. The first-order valence-corrected chi connectivity index (χ1v) is 9.64. The minimum absolute atomic E-state index is 0.0414. The smallest absolute Gasteiger partial charge is 0.191 e. The highest BCUT2D eigenvalue weighted by atomic mass is 19.1. The van der Waals surface area contributed by atoms with Crippen LogP contribution in [0.5, 0.6) is 0 Å². The van der Waals surface area contributed by atoms with Gasteiger partial charge in [0.1, 0.15) is 17.3 Å². The summed E-state index contributed by atoms with van der Waals surface area (Å²) in [6.45, 7) is 1.61. The number of hydrogen-bond donors (Lipinski definition) is 2. The van der Waals surface area contributed by atoms with E-state index in [1.54, 1.807) is 18.1 Å². The second-order valence-electron chi connectivity index (χ2n) is 7.05. The standard InChI is InChI=1S/C22H23F2N5/c1-25-22(27-13-20-17-6-3-2-5-15(17)9-11-26-20)28-16-10-12-29(14-16)21-18(23)7-4-8-19(21)24/h2-9,11,16H,10,12-14H2,1H3,(H2,25,27,28). The number of fused-ring (bicyclic) bond motifs is 1. The van der Waals surface area contributed by atoms with Crippen molar-refractivity contribution in [3.05, 3.63) is 72.1 Å². The molecule has 0 saturated carbocycles. The normalized spacial score (nSPS) is 17.0. The van der Waals surface area contributed by atoms with Crippen molar-refractivity contribution < 1.29 is 8.78 Å². The third-order valence-corrected chi connectivity index (χ3v) is 5.19. The summed E-state index contributed by atoms with van der Waals surface area (Å²) >= 11 is 0. The van der Waals surface area contributed by atoms with Crippen LogP contribution in [0.4, 0.5) is 14.5 Å². The van der Waals surface area contributed by atoms with E-state index in [1.807, 2.05) is 24.3 Å². The number of nitrogens with one attached hydrogen (secondary N) is 2. The van der Waals surface area contributed by atoms with E-state index in [-0.39, 0.29) is 11.7 Å². The van der Waals surface area contributed by atoms with E-state index in [9.17, 15) is 8.78 Å². The number of aliphatic imine (C=N–C) groups is 1. The van der Waals surface area contributed by atoms with Crippen LogP contribution < -0.4 is 15.5 Å². The SMILES string of the molecule is CN=C(NCc1nccc2ccccc12)NC1CCN(c2c(F)cccc2F)C1. The van der Waals surface area contributed by atoms with Gasteiger partial charge < -0.3 is 15.5 Å². The van der Waals surface area contributed by atoms with Gasteiger partial charge in [0.25, 0.3) is 0 Å². The Kier molecular flexibility index (Phi) is 5.55.